The molecule has 0 aliphatic heterocycles. The Morgan fingerprint density at radius 2 is 1.35 bits per heavy atom. The van der Waals surface area contributed by atoms with Gasteiger partial charge in [-0.05, 0) is 19.8 Å². The molecule has 0 aliphatic carbocycles. The first-order valence-electron chi connectivity index (χ1n) is 9.61. The highest BCUT2D eigenvalue weighted by atomic mass is 16.4. The fourth-order valence-electron chi connectivity index (χ4n) is 2.86. The summed E-state index contributed by atoms with van der Waals surface area (Å²) in [4.78, 5) is 10.8. The van der Waals surface area contributed by atoms with Gasteiger partial charge in [-0.1, -0.05) is 64.4 Å². The smallest absolute Gasteiger partial charge is 0.330 e. The normalized spacial score (nSPS) is 12.6. The van der Waals surface area contributed by atoms with Gasteiger partial charge in [0, 0.05) is 12.0 Å². The predicted octanol–water partition coefficient (Wildman–Crippen LogP) is 5.40. The van der Waals surface area contributed by atoms with Crippen LogP contribution in [0.3, 0.4) is 0 Å². The average Bonchev–Trinajstić information content (AvgIpc) is 2.48. The Balaban J connectivity index is 3.55. The number of nitrogens with zero attached hydrogens (tertiary/aromatic N) is 1. The van der Waals surface area contributed by atoms with Crippen molar-refractivity contribution in [3.8, 4) is 0 Å². The molecule has 136 valence electrons. The van der Waals surface area contributed by atoms with E-state index in [1.165, 1.54) is 70.8 Å². The van der Waals surface area contributed by atoms with Crippen molar-refractivity contribution >= 4 is 5.97 Å². The summed E-state index contributed by atoms with van der Waals surface area (Å²) in [5.74, 6) is -0.801. The summed E-state index contributed by atoms with van der Waals surface area (Å²) in [6.07, 6.45) is 16.5. The number of carbonyl (C=O) groups is 1. The van der Waals surface area contributed by atoms with E-state index >= 15 is 0 Å². The van der Waals surface area contributed by atoms with Gasteiger partial charge in [-0.25, -0.2) is 4.79 Å². The molecule has 0 heterocycles. The highest BCUT2D eigenvalue weighted by molar-refractivity contribution is 5.85. The third-order valence-electron chi connectivity index (χ3n) is 4.64. The first kappa shape index (κ1) is 22.2. The maximum Gasteiger partial charge on any atom is 0.330 e. The summed E-state index contributed by atoms with van der Waals surface area (Å²) in [6.45, 7) is 6.15. The topological polar surface area (TPSA) is 37.3 Å². The summed E-state index contributed by atoms with van der Waals surface area (Å²) in [6, 6.07) is 0. The molecule has 0 aliphatic rings. The highest BCUT2D eigenvalue weighted by Gasteiger charge is 2.13. The molecule has 0 aromatic rings. The molecule has 0 unspecified atom stereocenters. The lowest BCUT2D eigenvalue weighted by Crippen LogP contribution is -2.41. The van der Waals surface area contributed by atoms with Crippen LogP contribution in [0.2, 0.25) is 0 Å². The quantitative estimate of drug-likeness (QED) is 0.248. The second-order valence-corrected chi connectivity index (χ2v) is 7.55. The minimum atomic E-state index is -0.801. The van der Waals surface area contributed by atoms with Gasteiger partial charge in [0.25, 0.3) is 0 Å². The minimum absolute atomic E-state index is 0.462. The molecule has 0 saturated carbocycles. The Kier molecular flexibility index (Phi) is 13.1. The molecule has 0 atom stereocenters. The van der Waals surface area contributed by atoms with Crippen molar-refractivity contribution in [3.05, 3.63) is 11.6 Å². The summed E-state index contributed by atoms with van der Waals surface area (Å²) in [5.41, 5.74) is 0.462. The molecule has 23 heavy (non-hydrogen) atoms. The SMILES string of the molecule is CCCCCCCCCCCC[N+](C)(C)CCC=C(C)C(=O)O. The molecule has 3 nitrogen and oxygen atoms in total. The van der Waals surface area contributed by atoms with Crippen molar-refractivity contribution in [2.75, 3.05) is 27.2 Å². The van der Waals surface area contributed by atoms with Crippen molar-refractivity contribution in [3.63, 3.8) is 0 Å². The first-order chi connectivity index (χ1) is 10.9. The van der Waals surface area contributed by atoms with Gasteiger partial charge in [-0.2, -0.15) is 0 Å². The zero-order chi connectivity index (χ0) is 17.6. The molecule has 0 amide bonds. The fourth-order valence-corrected chi connectivity index (χ4v) is 2.86. The van der Waals surface area contributed by atoms with E-state index < -0.39 is 5.97 Å². The lowest BCUT2D eigenvalue weighted by atomic mass is 10.1. The van der Waals surface area contributed by atoms with Crippen LogP contribution < -0.4 is 0 Å². The van der Waals surface area contributed by atoms with Crippen molar-refractivity contribution < 1.29 is 14.4 Å². The third kappa shape index (κ3) is 14.5. The zero-order valence-corrected chi connectivity index (χ0v) is 16.1. The average molecular weight is 327 g/mol. The summed E-state index contributed by atoms with van der Waals surface area (Å²) in [5, 5.41) is 8.84. The van der Waals surface area contributed by atoms with E-state index in [-0.39, 0.29) is 0 Å². The standard InChI is InChI=1S/C20H39NO2/c1-5-6-7-8-9-10-11-12-13-14-17-21(3,4)18-15-16-19(2)20(22)23/h16H,5-15,17-18H2,1-4H3/p+1. The van der Waals surface area contributed by atoms with Gasteiger partial charge in [0.1, 0.15) is 0 Å². The van der Waals surface area contributed by atoms with Crippen molar-refractivity contribution in [2.24, 2.45) is 0 Å². The van der Waals surface area contributed by atoms with E-state index in [0.717, 1.165) is 17.4 Å². The Bertz CT molecular complexity index is 335. The first-order valence-corrected chi connectivity index (χ1v) is 9.61. The van der Waals surface area contributed by atoms with Crippen molar-refractivity contribution in [1.82, 2.24) is 0 Å². The van der Waals surface area contributed by atoms with Crippen LogP contribution in [0.1, 0.15) is 84.5 Å². The van der Waals surface area contributed by atoms with Crippen molar-refractivity contribution in [1.29, 1.82) is 0 Å². The summed E-state index contributed by atoms with van der Waals surface area (Å²) >= 11 is 0. The van der Waals surface area contributed by atoms with Gasteiger partial charge >= 0.3 is 5.97 Å². The number of rotatable bonds is 15. The molecule has 0 rings (SSSR count). The van der Waals surface area contributed by atoms with Crippen LogP contribution in [0.4, 0.5) is 0 Å². The van der Waals surface area contributed by atoms with E-state index in [9.17, 15) is 4.79 Å². The van der Waals surface area contributed by atoms with Crippen LogP contribution in [-0.4, -0.2) is 42.7 Å². The predicted molar refractivity (Wildman–Crippen MR) is 99.7 cm³/mol. The van der Waals surface area contributed by atoms with Gasteiger partial charge in [0.05, 0.1) is 27.2 Å². The van der Waals surface area contributed by atoms with Crippen LogP contribution in [0.15, 0.2) is 11.6 Å². The molecule has 3 heteroatoms. The van der Waals surface area contributed by atoms with E-state index in [4.69, 9.17) is 5.11 Å². The van der Waals surface area contributed by atoms with Gasteiger partial charge in [0.15, 0.2) is 0 Å². The fraction of sp³-hybridized carbons (Fsp3) is 0.850. The Hall–Kier alpha value is -0.830. The highest BCUT2D eigenvalue weighted by Crippen LogP contribution is 2.12. The Labute approximate surface area is 144 Å². The van der Waals surface area contributed by atoms with E-state index in [0.29, 0.717) is 5.57 Å². The van der Waals surface area contributed by atoms with Crippen LogP contribution in [0.5, 0.6) is 0 Å². The van der Waals surface area contributed by atoms with E-state index in [1.54, 1.807) is 6.92 Å². The maximum absolute atomic E-state index is 10.8. The van der Waals surface area contributed by atoms with Crippen LogP contribution in [0.25, 0.3) is 0 Å². The van der Waals surface area contributed by atoms with E-state index in [1.807, 2.05) is 6.08 Å². The van der Waals surface area contributed by atoms with Crippen LogP contribution in [-0.2, 0) is 4.79 Å². The number of carboxylic acids is 1. The Morgan fingerprint density at radius 1 is 0.870 bits per heavy atom. The molecular formula is C20H40NO2+. The number of hydrogen-bond acceptors (Lipinski definition) is 1. The van der Waals surface area contributed by atoms with Gasteiger partial charge in [-0.3, -0.25) is 0 Å². The molecule has 0 radical (unpaired) electrons. The van der Waals surface area contributed by atoms with Gasteiger partial charge < -0.3 is 9.59 Å². The minimum Gasteiger partial charge on any atom is -0.478 e. The molecule has 0 fully saturated rings. The van der Waals surface area contributed by atoms with E-state index in [2.05, 4.69) is 21.0 Å². The van der Waals surface area contributed by atoms with Gasteiger partial charge in [0.2, 0.25) is 0 Å². The number of quaternary nitrogens is 1. The largest absolute Gasteiger partial charge is 0.478 e. The second kappa shape index (κ2) is 13.6. The molecule has 0 spiro atoms. The number of aliphatic carboxylic acids is 1. The van der Waals surface area contributed by atoms with Crippen LogP contribution >= 0.6 is 0 Å². The second-order valence-electron chi connectivity index (χ2n) is 7.55. The summed E-state index contributed by atoms with van der Waals surface area (Å²) < 4.78 is 0.987. The number of unbranched alkanes of at least 4 members (excludes halogenated alkanes) is 9. The number of carboxylic acid groups (broad SMARTS) is 1. The lowest BCUT2D eigenvalue weighted by Gasteiger charge is -2.29. The Morgan fingerprint density at radius 3 is 1.83 bits per heavy atom. The monoisotopic (exact) mass is 326 g/mol. The number of hydrogen-bond donors (Lipinski definition) is 1. The molecule has 0 aromatic heterocycles. The molecule has 0 aromatic carbocycles. The summed E-state index contributed by atoms with van der Waals surface area (Å²) in [7, 11) is 4.50. The lowest BCUT2D eigenvalue weighted by molar-refractivity contribution is -0.890. The van der Waals surface area contributed by atoms with Crippen molar-refractivity contribution in [2.45, 2.75) is 84.5 Å². The maximum atomic E-state index is 10.8. The molecule has 0 bridgehead atoms. The zero-order valence-electron chi connectivity index (χ0n) is 16.1. The molecular weight excluding hydrogens is 286 g/mol. The molecule has 1 N–H and O–H groups in total. The van der Waals surface area contributed by atoms with Crippen LogP contribution in [0, 0.1) is 0 Å². The molecule has 0 saturated heterocycles. The third-order valence-corrected chi connectivity index (χ3v) is 4.64. The van der Waals surface area contributed by atoms with Gasteiger partial charge in [-0.15, -0.1) is 0 Å².